The Hall–Kier alpha value is -0.820. The molecular weight excluding hydrogens is 334 g/mol. The summed E-state index contributed by atoms with van der Waals surface area (Å²) in [6.07, 6.45) is 1.11. The molecule has 0 aliphatic rings. The molecule has 0 radical (unpaired) electrons. The second kappa shape index (κ2) is 6.56. The number of hydrogen-bond acceptors (Lipinski definition) is 3. The van der Waals surface area contributed by atoms with E-state index in [0.717, 1.165) is 14.7 Å². The molecule has 0 aliphatic heterocycles. The summed E-state index contributed by atoms with van der Waals surface area (Å²) >= 11 is 5.01. The second-order valence-corrected chi connectivity index (χ2v) is 6.76. The molecule has 0 saturated carbocycles. The van der Waals surface area contributed by atoms with Crippen LogP contribution >= 0.6 is 27.3 Å². The van der Waals surface area contributed by atoms with Crippen molar-refractivity contribution in [1.82, 2.24) is 5.43 Å². The smallest absolute Gasteiger partial charge is 0.129 e. The number of rotatable bonds is 5. The first-order valence-corrected chi connectivity index (χ1v) is 7.33. The molecule has 1 atom stereocenters. The summed E-state index contributed by atoms with van der Waals surface area (Å²) in [4.78, 5) is 1.15. The van der Waals surface area contributed by atoms with Crippen LogP contribution in [0.1, 0.15) is 10.4 Å². The van der Waals surface area contributed by atoms with Crippen LogP contribution in [0.2, 0.25) is 0 Å². The zero-order valence-corrected chi connectivity index (χ0v) is 12.4. The van der Waals surface area contributed by atoms with Crippen molar-refractivity contribution in [3.05, 3.63) is 56.2 Å². The van der Waals surface area contributed by atoms with Gasteiger partial charge in [0.25, 0.3) is 0 Å². The first-order valence-electron chi connectivity index (χ1n) is 5.72. The van der Waals surface area contributed by atoms with E-state index in [1.54, 1.807) is 11.3 Å². The van der Waals surface area contributed by atoms with Crippen LogP contribution in [-0.2, 0) is 12.8 Å². The van der Waals surface area contributed by atoms with Gasteiger partial charge in [0.05, 0.1) is 3.79 Å². The van der Waals surface area contributed by atoms with Crippen molar-refractivity contribution in [2.24, 2.45) is 5.84 Å². The van der Waals surface area contributed by atoms with Crippen LogP contribution in [0.5, 0.6) is 0 Å². The maximum Gasteiger partial charge on any atom is 0.129 e. The summed E-state index contributed by atoms with van der Waals surface area (Å²) in [6, 6.07) is 7.48. The average molecular weight is 347 g/mol. The maximum atomic E-state index is 13.6. The fourth-order valence-electron chi connectivity index (χ4n) is 1.85. The van der Waals surface area contributed by atoms with E-state index in [9.17, 15) is 8.78 Å². The van der Waals surface area contributed by atoms with Gasteiger partial charge in [-0.15, -0.1) is 11.3 Å². The van der Waals surface area contributed by atoms with E-state index in [-0.39, 0.29) is 6.04 Å². The fraction of sp³-hybridized carbons (Fsp3) is 0.231. The topological polar surface area (TPSA) is 38.0 Å². The molecule has 1 aromatic heterocycles. The van der Waals surface area contributed by atoms with Gasteiger partial charge in [0, 0.05) is 17.0 Å². The predicted octanol–water partition coefficient (Wildman–Crippen LogP) is 3.41. The van der Waals surface area contributed by atoms with Crippen molar-refractivity contribution >= 4 is 27.3 Å². The van der Waals surface area contributed by atoms with Gasteiger partial charge >= 0.3 is 0 Å². The molecule has 6 heteroatoms. The van der Waals surface area contributed by atoms with Gasteiger partial charge in [0.15, 0.2) is 0 Å². The fourth-order valence-corrected chi connectivity index (χ4v) is 3.41. The molecule has 0 amide bonds. The SMILES string of the molecule is NNC(Cc1ccc(Br)s1)Cc1ccc(F)cc1F. The van der Waals surface area contributed by atoms with Crippen LogP contribution < -0.4 is 11.3 Å². The van der Waals surface area contributed by atoms with E-state index in [1.807, 2.05) is 12.1 Å². The third-order valence-corrected chi connectivity index (χ3v) is 4.44. The summed E-state index contributed by atoms with van der Waals surface area (Å²) in [5.74, 6) is 4.40. The largest absolute Gasteiger partial charge is 0.271 e. The molecule has 102 valence electrons. The van der Waals surface area contributed by atoms with Gasteiger partial charge in [0.1, 0.15) is 11.6 Å². The van der Waals surface area contributed by atoms with Gasteiger partial charge < -0.3 is 0 Å². The highest BCUT2D eigenvalue weighted by Gasteiger charge is 2.13. The van der Waals surface area contributed by atoms with Gasteiger partial charge in [-0.3, -0.25) is 11.3 Å². The highest BCUT2D eigenvalue weighted by molar-refractivity contribution is 9.11. The van der Waals surface area contributed by atoms with E-state index in [0.29, 0.717) is 18.4 Å². The number of nitrogens with two attached hydrogens (primary N) is 1. The van der Waals surface area contributed by atoms with Crippen LogP contribution in [0.3, 0.4) is 0 Å². The van der Waals surface area contributed by atoms with Gasteiger partial charge in [-0.05, 0) is 52.5 Å². The molecule has 19 heavy (non-hydrogen) atoms. The number of hydrogen-bond donors (Lipinski definition) is 2. The minimum absolute atomic E-state index is 0.0921. The number of thiophene rings is 1. The Labute approximate surface area is 122 Å². The van der Waals surface area contributed by atoms with Crippen molar-refractivity contribution < 1.29 is 8.78 Å². The molecule has 0 bridgehead atoms. The van der Waals surface area contributed by atoms with Gasteiger partial charge in [-0.1, -0.05) is 6.07 Å². The molecule has 1 aromatic carbocycles. The number of benzene rings is 1. The van der Waals surface area contributed by atoms with E-state index in [4.69, 9.17) is 5.84 Å². The van der Waals surface area contributed by atoms with Crippen LogP contribution in [0.4, 0.5) is 8.78 Å². The Kier molecular flexibility index (Phi) is 5.04. The molecular formula is C13H13BrF2N2S. The molecule has 1 unspecified atom stereocenters. The summed E-state index contributed by atoms with van der Waals surface area (Å²) < 4.78 is 27.5. The lowest BCUT2D eigenvalue weighted by Crippen LogP contribution is -2.38. The van der Waals surface area contributed by atoms with Crippen molar-refractivity contribution in [2.75, 3.05) is 0 Å². The standard InChI is InChI=1S/C13H13BrF2N2S/c14-13-4-3-11(19-13)7-10(18-17)5-8-1-2-9(15)6-12(8)16/h1-4,6,10,18H,5,7,17H2. The zero-order chi connectivity index (χ0) is 13.8. The monoisotopic (exact) mass is 346 g/mol. The predicted molar refractivity (Wildman–Crippen MR) is 76.9 cm³/mol. The van der Waals surface area contributed by atoms with Crippen LogP contribution in [0.25, 0.3) is 0 Å². The first-order chi connectivity index (χ1) is 9.08. The van der Waals surface area contributed by atoms with E-state index >= 15 is 0 Å². The molecule has 1 heterocycles. The van der Waals surface area contributed by atoms with Gasteiger partial charge in [-0.25, -0.2) is 8.78 Å². The number of nitrogens with one attached hydrogen (secondary N) is 1. The maximum absolute atomic E-state index is 13.6. The lowest BCUT2D eigenvalue weighted by molar-refractivity contribution is 0.504. The Bertz CT molecular complexity index is 559. The van der Waals surface area contributed by atoms with Crippen molar-refractivity contribution in [2.45, 2.75) is 18.9 Å². The Balaban J connectivity index is 2.06. The number of hydrazine groups is 1. The molecule has 0 aliphatic carbocycles. The molecule has 0 spiro atoms. The van der Waals surface area contributed by atoms with Crippen molar-refractivity contribution in [1.29, 1.82) is 0 Å². The lowest BCUT2D eigenvalue weighted by Gasteiger charge is -2.15. The van der Waals surface area contributed by atoms with E-state index in [2.05, 4.69) is 21.4 Å². The normalized spacial score (nSPS) is 12.6. The molecule has 2 nitrogen and oxygen atoms in total. The Morgan fingerprint density at radius 2 is 2.00 bits per heavy atom. The minimum Gasteiger partial charge on any atom is -0.271 e. The number of halogens is 3. The Morgan fingerprint density at radius 1 is 1.21 bits per heavy atom. The summed E-state index contributed by atoms with van der Waals surface area (Å²) in [5.41, 5.74) is 3.14. The van der Waals surface area contributed by atoms with Crippen LogP contribution in [0, 0.1) is 11.6 Å². The quantitative estimate of drug-likeness (QED) is 0.643. The van der Waals surface area contributed by atoms with Crippen molar-refractivity contribution in [3.63, 3.8) is 0 Å². The first kappa shape index (κ1) is 14.6. The highest BCUT2D eigenvalue weighted by Crippen LogP contribution is 2.24. The van der Waals surface area contributed by atoms with Crippen LogP contribution in [0.15, 0.2) is 34.1 Å². The minimum atomic E-state index is -0.569. The Morgan fingerprint density at radius 3 is 2.58 bits per heavy atom. The van der Waals surface area contributed by atoms with Crippen molar-refractivity contribution in [3.8, 4) is 0 Å². The average Bonchev–Trinajstić information content (AvgIpc) is 2.77. The molecule has 0 fully saturated rings. The molecule has 2 aromatic rings. The van der Waals surface area contributed by atoms with Gasteiger partial charge in [-0.2, -0.15) is 0 Å². The zero-order valence-electron chi connectivity index (χ0n) is 10.00. The summed E-state index contributed by atoms with van der Waals surface area (Å²) in [7, 11) is 0. The van der Waals surface area contributed by atoms with Crippen LogP contribution in [-0.4, -0.2) is 6.04 Å². The van der Waals surface area contributed by atoms with E-state index in [1.165, 1.54) is 12.1 Å². The highest BCUT2D eigenvalue weighted by atomic mass is 79.9. The lowest BCUT2D eigenvalue weighted by atomic mass is 10.0. The molecule has 3 N–H and O–H groups in total. The summed E-state index contributed by atoms with van der Waals surface area (Å²) in [6.45, 7) is 0. The third kappa shape index (κ3) is 4.07. The second-order valence-electron chi connectivity index (χ2n) is 4.21. The molecule has 0 saturated heterocycles. The summed E-state index contributed by atoms with van der Waals surface area (Å²) in [5, 5.41) is 0. The van der Waals surface area contributed by atoms with Gasteiger partial charge in [0.2, 0.25) is 0 Å². The molecule has 2 rings (SSSR count). The third-order valence-electron chi connectivity index (χ3n) is 2.79. The van der Waals surface area contributed by atoms with E-state index < -0.39 is 11.6 Å².